The molecule has 1 N–H and O–H groups in total. The lowest BCUT2D eigenvalue weighted by Crippen LogP contribution is -2.50. The molecule has 5 heteroatoms. The molecule has 1 saturated carbocycles. The van der Waals surface area contributed by atoms with Gasteiger partial charge in [-0.1, -0.05) is 0 Å². The highest BCUT2D eigenvalue weighted by atomic mass is 16.5. The third-order valence-corrected chi connectivity index (χ3v) is 4.27. The quantitative estimate of drug-likeness (QED) is 0.833. The molecule has 5 nitrogen and oxygen atoms in total. The molecule has 3 rings (SSSR count). The van der Waals surface area contributed by atoms with Crippen LogP contribution >= 0.6 is 0 Å². The van der Waals surface area contributed by atoms with Gasteiger partial charge >= 0.3 is 0 Å². The first-order chi connectivity index (χ1) is 10.8. The Morgan fingerprint density at radius 3 is 2.91 bits per heavy atom. The fraction of sp³-hybridized carbons (Fsp3) is 0.647. The van der Waals surface area contributed by atoms with E-state index >= 15 is 0 Å². The molecule has 1 saturated heterocycles. The van der Waals surface area contributed by atoms with E-state index in [1.54, 1.807) is 12.4 Å². The number of nitrogens with zero attached hydrogens (tertiary/aromatic N) is 1. The molecule has 0 aromatic carbocycles. The van der Waals surface area contributed by atoms with E-state index < -0.39 is 0 Å². The summed E-state index contributed by atoms with van der Waals surface area (Å²) >= 11 is 0. The average Bonchev–Trinajstić information content (AvgIpc) is 3.37. The molecule has 22 heavy (non-hydrogen) atoms. The highest BCUT2D eigenvalue weighted by Crippen LogP contribution is 2.30. The molecule has 2 heterocycles. The maximum atomic E-state index is 12.1. The summed E-state index contributed by atoms with van der Waals surface area (Å²) in [4.78, 5) is 16.1. The Bertz CT molecular complexity index is 476. The summed E-state index contributed by atoms with van der Waals surface area (Å²) in [6.45, 7) is 2.10. The number of amides is 1. The fourth-order valence-corrected chi connectivity index (χ4v) is 2.68. The molecule has 2 fully saturated rings. The second kappa shape index (κ2) is 7.70. The van der Waals surface area contributed by atoms with E-state index in [1.165, 1.54) is 12.8 Å². The standard InChI is InChI=1S/C17H24N2O3/c20-17(4-3-13-5-8-18-9-6-13)19-15-12-21-10-7-16(15)22-11-14-1-2-14/h5-6,8-9,14-16H,1-4,7,10-12H2,(H,19,20)/t15-,16+/m1/s1. The van der Waals surface area contributed by atoms with Crippen LogP contribution in [-0.2, 0) is 20.7 Å². The molecular formula is C17H24N2O3. The van der Waals surface area contributed by atoms with Gasteiger partial charge in [0.15, 0.2) is 0 Å². The van der Waals surface area contributed by atoms with E-state index in [2.05, 4.69) is 10.3 Å². The first-order valence-corrected chi connectivity index (χ1v) is 8.19. The van der Waals surface area contributed by atoms with Crippen LogP contribution in [0.15, 0.2) is 24.5 Å². The minimum atomic E-state index is -0.0163. The molecule has 1 amide bonds. The normalized spacial score (nSPS) is 24.9. The fourth-order valence-electron chi connectivity index (χ4n) is 2.68. The molecule has 0 bridgehead atoms. The van der Waals surface area contributed by atoms with Gasteiger partial charge < -0.3 is 14.8 Å². The second-order valence-electron chi connectivity index (χ2n) is 6.21. The third-order valence-electron chi connectivity index (χ3n) is 4.27. The van der Waals surface area contributed by atoms with Crippen LogP contribution in [0.2, 0.25) is 0 Å². The van der Waals surface area contributed by atoms with Crippen molar-refractivity contribution < 1.29 is 14.3 Å². The molecule has 0 spiro atoms. The number of nitrogens with one attached hydrogen (secondary N) is 1. The molecular weight excluding hydrogens is 280 g/mol. The number of carbonyl (C=O) groups excluding carboxylic acids is 1. The number of hydrogen-bond acceptors (Lipinski definition) is 4. The number of ether oxygens (including phenoxy) is 2. The summed E-state index contributed by atoms with van der Waals surface area (Å²) in [5, 5.41) is 3.08. The summed E-state index contributed by atoms with van der Waals surface area (Å²) in [6, 6.07) is 3.87. The van der Waals surface area contributed by atoms with Crippen molar-refractivity contribution in [2.24, 2.45) is 5.92 Å². The molecule has 1 aliphatic heterocycles. The highest BCUT2D eigenvalue weighted by molar-refractivity contribution is 5.76. The SMILES string of the molecule is O=C(CCc1ccncc1)N[C@@H]1COCC[C@@H]1OCC1CC1. The third kappa shape index (κ3) is 4.78. The maximum Gasteiger partial charge on any atom is 0.220 e. The van der Waals surface area contributed by atoms with Gasteiger partial charge in [0.25, 0.3) is 0 Å². The van der Waals surface area contributed by atoms with E-state index in [9.17, 15) is 4.79 Å². The van der Waals surface area contributed by atoms with Crippen LogP contribution in [-0.4, -0.2) is 42.9 Å². The van der Waals surface area contributed by atoms with Crippen molar-refractivity contribution in [3.05, 3.63) is 30.1 Å². The van der Waals surface area contributed by atoms with E-state index in [4.69, 9.17) is 9.47 Å². The Morgan fingerprint density at radius 1 is 1.32 bits per heavy atom. The van der Waals surface area contributed by atoms with E-state index in [1.807, 2.05) is 12.1 Å². The Hall–Kier alpha value is -1.46. The molecule has 0 unspecified atom stereocenters. The van der Waals surface area contributed by atoms with Gasteiger partial charge in [0.2, 0.25) is 5.91 Å². The Kier molecular flexibility index (Phi) is 5.40. The monoisotopic (exact) mass is 304 g/mol. The van der Waals surface area contributed by atoms with Gasteiger partial charge in [-0.15, -0.1) is 0 Å². The maximum absolute atomic E-state index is 12.1. The van der Waals surface area contributed by atoms with Crippen molar-refractivity contribution in [1.29, 1.82) is 0 Å². The van der Waals surface area contributed by atoms with E-state index in [-0.39, 0.29) is 18.1 Å². The number of aromatic nitrogens is 1. The van der Waals surface area contributed by atoms with Crippen LogP contribution in [0.3, 0.4) is 0 Å². The molecule has 2 atom stereocenters. The van der Waals surface area contributed by atoms with Crippen LogP contribution < -0.4 is 5.32 Å². The van der Waals surface area contributed by atoms with Gasteiger partial charge in [-0.3, -0.25) is 9.78 Å². The Balaban J connectivity index is 1.43. The summed E-state index contributed by atoms with van der Waals surface area (Å²) in [6.07, 6.45) is 8.25. The van der Waals surface area contributed by atoms with Gasteiger partial charge in [-0.25, -0.2) is 0 Å². The summed E-state index contributed by atoms with van der Waals surface area (Å²) < 4.78 is 11.5. The average molecular weight is 304 g/mol. The van der Waals surface area contributed by atoms with Gasteiger partial charge in [0.05, 0.1) is 18.8 Å². The summed E-state index contributed by atoms with van der Waals surface area (Å²) in [7, 11) is 0. The van der Waals surface area contributed by atoms with Crippen LogP contribution in [0.5, 0.6) is 0 Å². The smallest absolute Gasteiger partial charge is 0.220 e. The molecule has 1 aromatic rings. The number of rotatable bonds is 7. The predicted molar refractivity (Wildman–Crippen MR) is 82.4 cm³/mol. The topological polar surface area (TPSA) is 60.5 Å². The van der Waals surface area contributed by atoms with E-state index in [0.717, 1.165) is 37.5 Å². The van der Waals surface area contributed by atoms with Crippen LogP contribution in [0.4, 0.5) is 0 Å². The van der Waals surface area contributed by atoms with Crippen molar-refractivity contribution >= 4 is 5.91 Å². The first-order valence-electron chi connectivity index (χ1n) is 8.19. The molecule has 2 aliphatic rings. The predicted octanol–water partition coefficient (Wildman–Crippen LogP) is 1.71. The lowest BCUT2D eigenvalue weighted by atomic mass is 10.1. The molecule has 1 aromatic heterocycles. The van der Waals surface area contributed by atoms with Crippen LogP contribution in [0.25, 0.3) is 0 Å². The van der Waals surface area contributed by atoms with Gasteiger partial charge in [-0.05, 0) is 49.3 Å². The highest BCUT2D eigenvalue weighted by Gasteiger charge is 2.30. The minimum absolute atomic E-state index is 0.0163. The zero-order chi connectivity index (χ0) is 15.2. The van der Waals surface area contributed by atoms with E-state index in [0.29, 0.717) is 13.0 Å². The molecule has 0 radical (unpaired) electrons. The Labute approximate surface area is 131 Å². The van der Waals surface area contributed by atoms with Crippen molar-refractivity contribution in [1.82, 2.24) is 10.3 Å². The largest absolute Gasteiger partial charge is 0.379 e. The lowest BCUT2D eigenvalue weighted by molar-refractivity contribution is -0.126. The van der Waals surface area contributed by atoms with Crippen LogP contribution in [0.1, 0.15) is 31.2 Å². The molecule has 1 aliphatic carbocycles. The number of hydrogen-bond donors (Lipinski definition) is 1. The molecule has 120 valence electrons. The zero-order valence-electron chi connectivity index (χ0n) is 12.9. The number of pyridine rings is 1. The lowest BCUT2D eigenvalue weighted by Gasteiger charge is -2.32. The van der Waals surface area contributed by atoms with Gasteiger partial charge in [-0.2, -0.15) is 0 Å². The van der Waals surface area contributed by atoms with Crippen LogP contribution in [0, 0.1) is 5.92 Å². The Morgan fingerprint density at radius 2 is 2.14 bits per heavy atom. The van der Waals surface area contributed by atoms with Gasteiger partial charge in [0.1, 0.15) is 0 Å². The van der Waals surface area contributed by atoms with Crippen molar-refractivity contribution in [2.45, 2.75) is 44.2 Å². The van der Waals surface area contributed by atoms with Crippen molar-refractivity contribution in [2.75, 3.05) is 19.8 Å². The first kappa shape index (κ1) is 15.4. The zero-order valence-corrected chi connectivity index (χ0v) is 12.9. The summed E-state index contributed by atoms with van der Waals surface area (Å²) in [5.41, 5.74) is 1.13. The van der Waals surface area contributed by atoms with Crippen molar-refractivity contribution in [3.63, 3.8) is 0 Å². The second-order valence-corrected chi connectivity index (χ2v) is 6.21. The minimum Gasteiger partial charge on any atom is -0.379 e. The number of carbonyl (C=O) groups is 1. The van der Waals surface area contributed by atoms with Gasteiger partial charge in [0, 0.05) is 32.0 Å². The summed E-state index contributed by atoms with van der Waals surface area (Å²) in [5.74, 6) is 0.804. The number of aryl methyl sites for hydroxylation is 1. The van der Waals surface area contributed by atoms with Crippen molar-refractivity contribution in [3.8, 4) is 0 Å².